The first-order chi connectivity index (χ1) is 9.26. The molecule has 0 radical (unpaired) electrons. The molecule has 0 saturated heterocycles. The zero-order valence-electron chi connectivity index (χ0n) is 10.8. The highest BCUT2D eigenvalue weighted by Gasteiger charge is 2.09. The van der Waals surface area contributed by atoms with E-state index in [0.717, 1.165) is 22.4 Å². The average Bonchev–Trinajstić information content (AvgIpc) is 2.47. The van der Waals surface area contributed by atoms with Crippen LogP contribution in [0.25, 0.3) is 5.57 Å². The van der Waals surface area contributed by atoms with E-state index in [0.29, 0.717) is 5.69 Å². The summed E-state index contributed by atoms with van der Waals surface area (Å²) in [6.07, 6.45) is 3.66. The number of allylic oxidation sites excluding steroid dienone is 2. The Bertz CT molecular complexity index is 661. The van der Waals surface area contributed by atoms with E-state index in [-0.39, 0.29) is 0 Å². The van der Waals surface area contributed by atoms with E-state index in [9.17, 15) is 0 Å². The zero-order valence-corrected chi connectivity index (χ0v) is 10.8. The third-order valence-corrected chi connectivity index (χ3v) is 2.84. The van der Waals surface area contributed by atoms with Crippen LogP contribution in [0, 0.1) is 18.3 Å². The molecule has 0 N–H and O–H groups in total. The Labute approximate surface area is 113 Å². The van der Waals surface area contributed by atoms with Gasteiger partial charge in [-0.3, -0.25) is 0 Å². The average molecular weight is 246 g/mol. The Kier molecular flexibility index (Phi) is 3.90. The fourth-order valence-corrected chi connectivity index (χ4v) is 1.91. The summed E-state index contributed by atoms with van der Waals surface area (Å²) in [7, 11) is 0. The van der Waals surface area contributed by atoms with E-state index in [1.54, 1.807) is 12.1 Å². The molecular formula is C17H14N2. The summed E-state index contributed by atoms with van der Waals surface area (Å²) >= 11 is 0. The monoisotopic (exact) mass is 246 g/mol. The molecule has 2 rings (SSSR count). The minimum atomic E-state index is 0.423. The predicted octanol–water partition coefficient (Wildman–Crippen LogP) is 3.88. The summed E-state index contributed by atoms with van der Waals surface area (Å²) < 4.78 is 0. The highest BCUT2D eigenvalue weighted by Crippen LogP contribution is 2.24. The van der Waals surface area contributed by atoms with Crippen molar-refractivity contribution in [1.29, 1.82) is 5.26 Å². The molecule has 1 aromatic heterocycles. The molecule has 0 saturated carbocycles. The fraction of sp³-hybridized carbons (Fsp3) is 0.0588. The first-order valence-electron chi connectivity index (χ1n) is 6.02. The van der Waals surface area contributed by atoms with E-state index in [4.69, 9.17) is 5.26 Å². The lowest BCUT2D eigenvalue weighted by Gasteiger charge is -2.10. The van der Waals surface area contributed by atoms with Crippen LogP contribution in [-0.2, 0) is 0 Å². The van der Waals surface area contributed by atoms with Crippen molar-refractivity contribution in [2.24, 2.45) is 0 Å². The van der Waals surface area contributed by atoms with Crippen molar-refractivity contribution in [1.82, 2.24) is 4.98 Å². The Morgan fingerprint density at radius 2 is 1.95 bits per heavy atom. The number of nitriles is 1. The van der Waals surface area contributed by atoms with E-state index < -0.39 is 0 Å². The Morgan fingerprint density at radius 3 is 2.58 bits per heavy atom. The van der Waals surface area contributed by atoms with Crippen LogP contribution in [0.1, 0.15) is 22.5 Å². The second kappa shape index (κ2) is 5.79. The number of benzene rings is 1. The largest absolute Gasteiger partial charge is 0.237 e. The van der Waals surface area contributed by atoms with Gasteiger partial charge < -0.3 is 0 Å². The lowest BCUT2D eigenvalue weighted by atomic mass is 9.98. The molecule has 0 fully saturated rings. The van der Waals surface area contributed by atoms with Gasteiger partial charge in [0.15, 0.2) is 0 Å². The topological polar surface area (TPSA) is 36.7 Å². The van der Waals surface area contributed by atoms with Crippen LogP contribution in [0.15, 0.2) is 61.2 Å². The molecule has 0 amide bonds. The van der Waals surface area contributed by atoms with E-state index >= 15 is 0 Å². The zero-order chi connectivity index (χ0) is 13.7. The normalized spacial score (nSPS) is 10.8. The summed E-state index contributed by atoms with van der Waals surface area (Å²) in [5, 5.41) is 8.98. The van der Waals surface area contributed by atoms with Crippen molar-refractivity contribution >= 4 is 5.57 Å². The van der Waals surface area contributed by atoms with Gasteiger partial charge in [-0.05, 0) is 24.1 Å². The van der Waals surface area contributed by atoms with Gasteiger partial charge in [0.25, 0.3) is 0 Å². The molecule has 92 valence electrons. The standard InChI is InChI=1S/C17H14N2/c1-3-7-16(14-8-5-4-6-9-14)17-13(2)10-11-15(12-18)19-17/h3-11H,1H2,2H3/b16-7-. The van der Waals surface area contributed by atoms with Gasteiger partial charge in [0, 0.05) is 5.57 Å². The highest BCUT2D eigenvalue weighted by molar-refractivity contribution is 5.80. The highest BCUT2D eigenvalue weighted by atomic mass is 14.7. The number of hydrogen-bond donors (Lipinski definition) is 0. The van der Waals surface area contributed by atoms with Gasteiger partial charge in [-0.25, -0.2) is 4.98 Å². The van der Waals surface area contributed by atoms with Crippen LogP contribution < -0.4 is 0 Å². The van der Waals surface area contributed by atoms with Gasteiger partial charge in [0.05, 0.1) is 5.69 Å². The maximum atomic E-state index is 8.98. The SMILES string of the molecule is C=C/C=C(/c1ccccc1)c1nc(C#N)ccc1C. The number of aryl methyl sites for hydroxylation is 1. The maximum Gasteiger partial charge on any atom is 0.141 e. The second-order valence-corrected chi connectivity index (χ2v) is 4.16. The van der Waals surface area contributed by atoms with E-state index in [1.807, 2.05) is 49.4 Å². The fourth-order valence-electron chi connectivity index (χ4n) is 1.91. The molecule has 2 heteroatoms. The van der Waals surface area contributed by atoms with Gasteiger partial charge in [-0.2, -0.15) is 5.26 Å². The molecule has 19 heavy (non-hydrogen) atoms. The molecule has 1 aromatic carbocycles. The molecule has 0 atom stereocenters. The third kappa shape index (κ3) is 2.78. The van der Waals surface area contributed by atoms with Gasteiger partial charge in [-0.15, -0.1) is 0 Å². The van der Waals surface area contributed by atoms with Crippen molar-refractivity contribution in [3.63, 3.8) is 0 Å². The van der Waals surface area contributed by atoms with Crippen molar-refractivity contribution in [2.75, 3.05) is 0 Å². The predicted molar refractivity (Wildman–Crippen MR) is 77.4 cm³/mol. The van der Waals surface area contributed by atoms with Gasteiger partial charge in [0.1, 0.15) is 11.8 Å². The van der Waals surface area contributed by atoms with Crippen molar-refractivity contribution in [2.45, 2.75) is 6.92 Å². The maximum absolute atomic E-state index is 8.98. The number of hydrogen-bond acceptors (Lipinski definition) is 2. The van der Waals surface area contributed by atoms with Crippen LogP contribution in [0.4, 0.5) is 0 Å². The lowest BCUT2D eigenvalue weighted by Crippen LogP contribution is -1.97. The van der Waals surface area contributed by atoms with Crippen LogP contribution >= 0.6 is 0 Å². The van der Waals surface area contributed by atoms with E-state index in [1.165, 1.54) is 0 Å². The molecule has 0 spiro atoms. The number of nitrogens with zero attached hydrogens (tertiary/aromatic N) is 2. The van der Waals surface area contributed by atoms with Gasteiger partial charge in [0.2, 0.25) is 0 Å². The first-order valence-corrected chi connectivity index (χ1v) is 6.02. The van der Waals surface area contributed by atoms with Gasteiger partial charge in [-0.1, -0.05) is 55.1 Å². The third-order valence-electron chi connectivity index (χ3n) is 2.84. The van der Waals surface area contributed by atoms with Crippen molar-refractivity contribution in [3.8, 4) is 6.07 Å². The van der Waals surface area contributed by atoms with Crippen molar-refractivity contribution < 1.29 is 0 Å². The van der Waals surface area contributed by atoms with Crippen LogP contribution in [-0.4, -0.2) is 4.98 Å². The number of pyridine rings is 1. The van der Waals surface area contributed by atoms with Crippen LogP contribution in [0.3, 0.4) is 0 Å². The summed E-state index contributed by atoms with van der Waals surface area (Å²) in [5.41, 5.74) is 4.32. The van der Waals surface area contributed by atoms with Crippen LogP contribution in [0.2, 0.25) is 0 Å². The molecule has 0 aliphatic heterocycles. The molecular weight excluding hydrogens is 232 g/mol. The Balaban J connectivity index is 2.62. The summed E-state index contributed by atoms with van der Waals surface area (Å²) in [6.45, 7) is 5.74. The second-order valence-electron chi connectivity index (χ2n) is 4.16. The molecule has 2 aromatic rings. The van der Waals surface area contributed by atoms with Crippen molar-refractivity contribution in [3.05, 3.63) is 83.7 Å². The van der Waals surface area contributed by atoms with Gasteiger partial charge >= 0.3 is 0 Å². The summed E-state index contributed by atoms with van der Waals surface area (Å²) in [4.78, 5) is 4.41. The molecule has 0 bridgehead atoms. The summed E-state index contributed by atoms with van der Waals surface area (Å²) in [5.74, 6) is 0. The Morgan fingerprint density at radius 1 is 1.21 bits per heavy atom. The number of rotatable bonds is 3. The number of aromatic nitrogens is 1. The first kappa shape index (κ1) is 12.8. The Hall–Kier alpha value is -2.66. The summed E-state index contributed by atoms with van der Waals surface area (Å²) in [6, 6.07) is 15.7. The molecule has 0 aliphatic carbocycles. The molecule has 0 unspecified atom stereocenters. The van der Waals surface area contributed by atoms with E-state index in [2.05, 4.69) is 17.6 Å². The molecule has 0 aliphatic rings. The minimum absolute atomic E-state index is 0.423. The smallest absolute Gasteiger partial charge is 0.141 e. The molecule has 2 nitrogen and oxygen atoms in total. The van der Waals surface area contributed by atoms with Crippen LogP contribution in [0.5, 0.6) is 0 Å². The molecule has 1 heterocycles. The minimum Gasteiger partial charge on any atom is -0.237 e. The quantitative estimate of drug-likeness (QED) is 0.770. The lowest BCUT2D eigenvalue weighted by molar-refractivity contribution is 1.18.